The van der Waals surface area contributed by atoms with Crippen LogP contribution in [0.2, 0.25) is 0 Å². The number of nitrogens with zero attached hydrogens (tertiary/aromatic N) is 3. The highest BCUT2D eigenvalue weighted by atomic mass is 79.9. The highest BCUT2D eigenvalue weighted by Crippen LogP contribution is 2.12. The third-order valence-corrected chi connectivity index (χ3v) is 2.04. The SMILES string of the molecule is Brc1ccc(-n2ccnn2)cc1.[2HH]. The fourth-order valence-corrected chi connectivity index (χ4v) is 1.20. The fraction of sp³-hybridized carbons (Fsp3) is 0. The van der Waals surface area contributed by atoms with Gasteiger partial charge in [0.05, 0.1) is 18.1 Å². The van der Waals surface area contributed by atoms with Crippen molar-refractivity contribution in [3.8, 4) is 5.69 Å². The number of aromatic nitrogens is 3. The molecule has 0 spiro atoms. The average molecular weight is 227 g/mol. The van der Waals surface area contributed by atoms with Gasteiger partial charge >= 0.3 is 0 Å². The minimum atomic E-state index is 0. The van der Waals surface area contributed by atoms with Gasteiger partial charge in [0.15, 0.2) is 0 Å². The summed E-state index contributed by atoms with van der Waals surface area (Å²) in [4.78, 5) is 0. The Bertz CT molecular complexity index is 357. The molecule has 0 bridgehead atoms. The number of halogens is 1. The smallest absolute Gasteiger partial charge is 0.0697 e. The maximum Gasteiger partial charge on any atom is 0.0697 e. The van der Waals surface area contributed by atoms with Gasteiger partial charge in [-0.2, -0.15) is 0 Å². The minimum absolute atomic E-state index is 0. The molecule has 0 atom stereocenters. The van der Waals surface area contributed by atoms with Gasteiger partial charge < -0.3 is 0 Å². The Labute approximate surface area is 79.6 Å². The number of rotatable bonds is 1. The second-order valence-electron chi connectivity index (χ2n) is 2.32. The maximum atomic E-state index is 3.87. The van der Waals surface area contributed by atoms with Crippen molar-refractivity contribution >= 4 is 15.9 Å². The first-order valence-electron chi connectivity index (χ1n) is 3.48. The van der Waals surface area contributed by atoms with Gasteiger partial charge in [0.1, 0.15) is 0 Å². The van der Waals surface area contributed by atoms with Gasteiger partial charge in [0, 0.05) is 5.90 Å². The summed E-state index contributed by atoms with van der Waals surface area (Å²) in [5, 5.41) is 7.59. The molecule has 0 fully saturated rings. The van der Waals surface area contributed by atoms with Crippen LogP contribution in [0.15, 0.2) is 41.1 Å². The number of benzene rings is 1. The molecule has 0 aliphatic carbocycles. The standard InChI is InChI=1S/C8H6BrN3.H2/c9-7-1-3-8(4-2-7)12-6-5-10-11-12;/h1-6H;1H/i;1+1. The first-order valence-corrected chi connectivity index (χ1v) is 4.28. The van der Waals surface area contributed by atoms with E-state index in [-0.39, 0.29) is 1.43 Å². The molecule has 0 saturated heterocycles. The van der Waals surface area contributed by atoms with E-state index in [0.29, 0.717) is 0 Å². The van der Waals surface area contributed by atoms with E-state index < -0.39 is 0 Å². The van der Waals surface area contributed by atoms with Crippen molar-refractivity contribution in [2.45, 2.75) is 0 Å². The number of hydrogen-bond acceptors (Lipinski definition) is 2. The molecule has 62 valence electrons. The molecule has 0 radical (unpaired) electrons. The van der Waals surface area contributed by atoms with Gasteiger partial charge in [0.25, 0.3) is 0 Å². The van der Waals surface area contributed by atoms with Crippen LogP contribution < -0.4 is 0 Å². The molecule has 0 saturated carbocycles. The lowest BCUT2D eigenvalue weighted by Crippen LogP contribution is -1.93. The predicted molar refractivity (Wildman–Crippen MR) is 51.2 cm³/mol. The lowest BCUT2D eigenvalue weighted by atomic mass is 10.3. The zero-order valence-corrected chi connectivity index (χ0v) is 7.77. The van der Waals surface area contributed by atoms with Crippen LogP contribution in [0.25, 0.3) is 5.69 Å². The monoisotopic (exact) mass is 226 g/mol. The summed E-state index contributed by atoms with van der Waals surface area (Å²) in [5.41, 5.74) is 1.01. The molecule has 12 heavy (non-hydrogen) atoms. The van der Waals surface area contributed by atoms with Crippen LogP contribution >= 0.6 is 15.9 Å². The molecule has 4 heteroatoms. The fourth-order valence-electron chi connectivity index (χ4n) is 0.940. The van der Waals surface area contributed by atoms with Crippen LogP contribution in [-0.4, -0.2) is 15.0 Å². The Morgan fingerprint density at radius 1 is 1.25 bits per heavy atom. The first-order chi connectivity index (χ1) is 5.86. The van der Waals surface area contributed by atoms with Gasteiger partial charge in [-0.1, -0.05) is 21.1 Å². The topological polar surface area (TPSA) is 30.7 Å². The molecule has 1 aromatic carbocycles. The van der Waals surface area contributed by atoms with Crippen molar-refractivity contribution in [1.82, 2.24) is 15.0 Å². The van der Waals surface area contributed by atoms with Crippen LogP contribution in [0, 0.1) is 0 Å². The van der Waals surface area contributed by atoms with E-state index in [0.717, 1.165) is 10.2 Å². The molecular weight excluding hydrogens is 218 g/mol. The van der Waals surface area contributed by atoms with E-state index in [1.165, 1.54) is 0 Å². The third kappa shape index (κ3) is 1.38. The molecule has 1 heterocycles. The third-order valence-electron chi connectivity index (χ3n) is 1.51. The van der Waals surface area contributed by atoms with E-state index >= 15 is 0 Å². The minimum Gasteiger partial charge on any atom is -0.221 e. The maximum absolute atomic E-state index is 3.87. The lowest BCUT2D eigenvalue weighted by Gasteiger charge is -1.98. The second kappa shape index (κ2) is 3.06. The van der Waals surface area contributed by atoms with E-state index in [9.17, 15) is 0 Å². The highest BCUT2D eigenvalue weighted by molar-refractivity contribution is 9.10. The lowest BCUT2D eigenvalue weighted by molar-refractivity contribution is 0.803. The van der Waals surface area contributed by atoms with Crippen molar-refractivity contribution in [3.05, 3.63) is 41.1 Å². The Morgan fingerprint density at radius 2 is 2.00 bits per heavy atom. The summed E-state index contributed by atoms with van der Waals surface area (Å²) in [6.07, 6.45) is 3.46. The first kappa shape index (κ1) is 7.49. The van der Waals surface area contributed by atoms with Crippen LogP contribution in [0.5, 0.6) is 0 Å². The van der Waals surface area contributed by atoms with Crippen molar-refractivity contribution in [1.29, 1.82) is 0 Å². The summed E-state index contributed by atoms with van der Waals surface area (Å²) in [6.45, 7) is 0. The molecule has 0 N–H and O–H groups in total. The van der Waals surface area contributed by atoms with Crippen molar-refractivity contribution in [2.24, 2.45) is 0 Å². The second-order valence-corrected chi connectivity index (χ2v) is 3.24. The molecule has 2 rings (SSSR count). The van der Waals surface area contributed by atoms with Gasteiger partial charge in [-0.25, -0.2) is 4.68 Å². The largest absolute Gasteiger partial charge is 0.221 e. The van der Waals surface area contributed by atoms with Crippen LogP contribution in [-0.2, 0) is 0 Å². The summed E-state index contributed by atoms with van der Waals surface area (Å²) in [5.74, 6) is 0. The molecular formula is C8H8BrN3. The molecule has 0 aliphatic rings. The van der Waals surface area contributed by atoms with Crippen LogP contribution in [0.3, 0.4) is 0 Å². The zero-order chi connectivity index (χ0) is 8.39. The molecule has 0 amide bonds. The summed E-state index contributed by atoms with van der Waals surface area (Å²) in [6, 6.07) is 7.88. The Balaban J connectivity index is 0.000000845. The van der Waals surface area contributed by atoms with E-state index in [1.807, 2.05) is 30.5 Å². The van der Waals surface area contributed by atoms with Crippen molar-refractivity contribution < 1.29 is 1.43 Å². The zero-order valence-electron chi connectivity index (χ0n) is 6.18. The van der Waals surface area contributed by atoms with E-state index in [2.05, 4.69) is 26.2 Å². The summed E-state index contributed by atoms with van der Waals surface area (Å²) in [7, 11) is 0. The molecule has 0 aliphatic heterocycles. The molecule has 1 aromatic heterocycles. The van der Waals surface area contributed by atoms with E-state index in [1.54, 1.807) is 10.9 Å². The summed E-state index contributed by atoms with van der Waals surface area (Å²) >= 11 is 3.36. The van der Waals surface area contributed by atoms with Crippen molar-refractivity contribution in [3.63, 3.8) is 0 Å². The van der Waals surface area contributed by atoms with Gasteiger partial charge in [-0.05, 0) is 24.3 Å². The molecule has 2 aromatic rings. The predicted octanol–water partition coefficient (Wildman–Crippen LogP) is 2.28. The Kier molecular flexibility index (Phi) is 1.91. The van der Waals surface area contributed by atoms with Gasteiger partial charge in [-0.15, -0.1) is 5.10 Å². The average Bonchev–Trinajstić information content (AvgIpc) is 2.58. The van der Waals surface area contributed by atoms with Crippen molar-refractivity contribution in [2.75, 3.05) is 0 Å². The van der Waals surface area contributed by atoms with Crippen LogP contribution in [0.4, 0.5) is 0 Å². The van der Waals surface area contributed by atoms with E-state index in [4.69, 9.17) is 0 Å². The molecule has 0 unspecified atom stereocenters. The van der Waals surface area contributed by atoms with Gasteiger partial charge in [0.2, 0.25) is 0 Å². The normalized spacial score (nSPS) is 10.1. The Hall–Kier alpha value is -1.16. The molecule has 3 nitrogen and oxygen atoms in total. The Morgan fingerprint density at radius 3 is 2.58 bits per heavy atom. The quantitative estimate of drug-likeness (QED) is 0.748. The number of hydrogen-bond donors (Lipinski definition) is 0. The highest BCUT2D eigenvalue weighted by Gasteiger charge is 1.94. The van der Waals surface area contributed by atoms with Crippen LogP contribution in [0.1, 0.15) is 1.43 Å². The van der Waals surface area contributed by atoms with Gasteiger partial charge in [-0.3, -0.25) is 0 Å². The summed E-state index contributed by atoms with van der Waals surface area (Å²) < 4.78 is 2.78.